The fourth-order valence-electron chi connectivity index (χ4n) is 9.45. The summed E-state index contributed by atoms with van der Waals surface area (Å²) in [4.78, 5) is 49.2. The van der Waals surface area contributed by atoms with Crippen LogP contribution in [-0.4, -0.2) is 86.0 Å². The first-order valence-electron chi connectivity index (χ1n) is 19.6. The zero-order chi connectivity index (χ0) is 39.8. The van der Waals surface area contributed by atoms with Gasteiger partial charge in [-0.05, 0) is 95.9 Å². The molecule has 11 nitrogen and oxygen atoms in total. The van der Waals surface area contributed by atoms with Gasteiger partial charge in [0.1, 0.15) is 12.1 Å². The van der Waals surface area contributed by atoms with Crippen LogP contribution in [0.5, 0.6) is 0 Å². The summed E-state index contributed by atoms with van der Waals surface area (Å²) >= 11 is 0. The van der Waals surface area contributed by atoms with Crippen molar-refractivity contribution in [1.29, 1.82) is 0 Å². The summed E-state index contributed by atoms with van der Waals surface area (Å²) in [6.45, 7) is 11.1. The van der Waals surface area contributed by atoms with E-state index in [1.54, 1.807) is 18.1 Å². The molecule has 4 fully saturated rings. The van der Waals surface area contributed by atoms with E-state index in [4.69, 9.17) is 15.3 Å². The van der Waals surface area contributed by atoms with Crippen molar-refractivity contribution >= 4 is 23.5 Å². The fourth-order valence-corrected chi connectivity index (χ4v) is 9.45. The molecule has 2 bridgehead atoms. The topological polar surface area (TPSA) is 146 Å². The number of hydrogen-bond acceptors (Lipinski definition) is 9. The second-order valence-electron chi connectivity index (χ2n) is 16.8. The van der Waals surface area contributed by atoms with Crippen molar-refractivity contribution in [2.45, 2.75) is 90.8 Å². The number of aliphatic hydroxyl groups excluding tert-OH is 1. The van der Waals surface area contributed by atoms with E-state index < -0.39 is 42.1 Å². The Morgan fingerprint density at radius 3 is 2.42 bits per heavy atom. The number of nitrogens with two attached hydrogens (primary N) is 1. The molecule has 3 saturated carbocycles. The van der Waals surface area contributed by atoms with Crippen LogP contribution < -0.4 is 21.3 Å². The zero-order valence-electron chi connectivity index (χ0n) is 33.5. The van der Waals surface area contributed by atoms with Crippen molar-refractivity contribution < 1.29 is 29.1 Å². The lowest BCUT2D eigenvalue weighted by molar-refractivity contribution is -0.175. The van der Waals surface area contributed by atoms with Crippen molar-refractivity contribution in [3.63, 3.8) is 0 Å². The number of amides is 2. The highest BCUT2D eigenvalue weighted by Gasteiger charge is 2.57. The number of hydrogen-bond donors (Lipinski definition) is 4. The first-order valence-corrected chi connectivity index (χ1v) is 19.6. The first-order chi connectivity index (χ1) is 26.1. The maximum atomic E-state index is 14.3. The number of fused-ring (bicyclic) bond motifs is 2. The number of benzene rings is 3. The number of nitrogens with zero attached hydrogens (tertiary/aromatic N) is 2. The Balaban J connectivity index is 1.27. The molecule has 0 aromatic heterocycles. The SMILES string of the molecule is COC(=O)[C@H](Cc1ccccc1)NC(=O)c1cc(-c2cccc(CN3O[C@@H](CN)[C@@H]([C@H](C)O)[C@H]3C(=O)N[C@H]3C[C@@H]4C[C@H]([C@@H]3C)C4(C)C)c2C)cc(N(C)C)c1. The van der Waals surface area contributed by atoms with Crippen molar-refractivity contribution in [1.82, 2.24) is 15.7 Å². The minimum Gasteiger partial charge on any atom is -0.467 e. The number of anilines is 1. The lowest BCUT2D eigenvalue weighted by atomic mass is 9.45. The van der Waals surface area contributed by atoms with Gasteiger partial charge in [0.15, 0.2) is 0 Å². The highest BCUT2D eigenvalue weighted by molar-refractivity contribution is 5.99. The fraction of sp³-hybridized carbons (Fsp3) is 0.523. The second-order valence-corrected chi connectivity index (χ2v) is 16.8. The van der Waals surface area contributed by atoms with E-state index in [1.807, 2.05) is 86.6 Å². The largest absolute Gasteiger partial charge is 0.467 e. The number of esters is 1. The van der Waals surface area contributed by atoms with Gasteiger partial charge in [-0.3, -0.25) is 14.4 Å². The highest BCUT2D eigenvalue weighted by atomic mass is 16.7. The van der Waals surface area contributed by atoms with E-state index in [-0.39, 0.29) is 31.5 Å². The number of aliphatic hydroxyl groups is 1. The Morgan fingerprint density at radius 2 is 1.80 bits per heavy atom. The molecule has 9 atom stereocenters. The Bertz CT molecular complexity index is 1860. The number of nitrogens with one attached hydrogen (secondary N) is 2. The van der Waals surface area contributed by atoms with Gasteiger partial charge in [0.05, 0.1) is 25.9 Å². The summed E-state index contributed by atoms with van der Waals surface area (Å²) in [6, 6.07) is 19.6. The minimum atomic E-state index is -0.872. The van der Waals surface area contributed by atoms with Crippen LogP contribution in [0, 0.1) is 36.0 Å². The van der Waals surface area contributed by atoms with Gasteiger partial charge in [-0.2, -0.15) is 5.06 Å². The van der Waals surface area contributed by atoms with Gasteiger partial charge in [0, 0.05) is 50.3 Å². The van der Waals surface area contributed by atoms with E-state index >= 15 is 0 Å². The summed E-state index contributed by atoms with van der Waals surface area (Å²) in [5.41, 5.74) is 12.2. The van der Waals surface area contributed by atoms with Crippen LogP contribution in [0.3, 0.4) is 0 Å². The minimum absolute atomic E-state index is 0.0689. The monoisotopic (exact) mass is 753 g/mol. The normalized spacial score (nSPS) is 26.7. The molecular formula is C44H59N5O6. The van der Waals surface area contributed by atoms with Gasteiger partial charge in [0.25, 0.3) is 5.91 Å². The van der Waals surface area contributed by atoms with Crippen LogP contribution >= 0.6 is 0 Å². The Morgan fingerprint density at radius 1 is 1.07 bits per heavy atom. The van der Waals surface area contributed by atoms with Crippen molar-refractivity contribution in [2.75, 3.05) is 32.6 Å². The van der Waals surface area contributed by atoms with Gasteiger partial charge in [0.2, 0.25) is 5.91 Å². The Kier molecular flexibility index (Phi) is 12.1. The predicted octanol–water partition coefficient (Wildman–Crippen LogP) is 4.87. The molecule has 7 rings (SSSR count). The molecule has 0 spiro atoms. The standard InChI is InChI=1S/C44H59N5O6/c1-25-29(24-49-40(39(27(3)50)38(23-45)55-49)42(52)46-36-22-32-21-35(26(36)2)44(32,4)5)15-12-16-34(25)30-18-31(20-33(19-30)48(6)7)41(51)47-37(43(53)54-8)17-28-13-10-9-11-14-28/h9-16,18-20,26-27,32,35-40,50H,17,21-24,45H2,1-8H3,(H,46,52)(H,47,51)/t26-,27-,32-,35+,36-,37-,38-,39+,40-/m0/s1. The van der Waals surface area contributed by atoms with Gasteiger partial charge in [-0.25, -0.2) is 4.79 Å². The molecule has 296 valence electrons. The second kappa shape index (κ2) is 16.4. The Hall–Kier alpha value is -4.29. The molecule has 55 heavy (non-hydrogen) atoms. The number of ether oxygens (including phenoxy) is 1. The molecule has 2 amide bonds. The average Bonchev–Trinajstić information content (AvgIpc) is 3.54. The van der Waals surface area contributed by atoms with Crippen LogP contribution in [0.15, 0.2) is 66.7 Å². The highest BCUT2D eigenvalue weighted by Crippen LogP contribution is 2.61. The van der Waals surface area contributed by atoms with Crippen molar-refractivity contribution in [3.8, 4) is 11.1 Å². The third-order valence-electron chi connectivity index (χ3n) is 13.0. The number of carbonyl (C=O) groups excluding carboxylic acids is 3. The van der Waals surface area contributed by atoms with Gasteiger partial charge < -0.3 is 31.1 Å². The molecule has 5 N–H and O–H groups in total. The number of rotatable bonds is 13. The number of hydroxylamine groups is 2. The molecular weight excluding hydrogens is 695 g/mol. The van der Waals surface area contributed by atoms with E-state index in [2.05, 4.69) is 31.4 Å². The van der Waals surface area contributed by atoms with E-state index in [0.29, 0.717) is 28.7 Å². The van der Waals surface area contributed by atoms with Gasteiger partial charge >= 0.3 is 5.97 Å². The third-order valence-corrected chi connectivity index (χ3v) is 13.0. The molecule has 11 heteroatoms. The first kappa shape index (κ1) is 40.4. The van der Waals surface area contributed by atoms with E-state index in [0.717, 1.165) is 39.9 Å². The number of methoxy groups -OCH3 is 1. The zero-order valence-corrected chi connectivity index (χ0v) is 33.5. The van der Waals surface area contributed by atoms with E-state index in [9.17, 15) is 19.5 Å². The maximum Gasteiger partial charge on any atom is 0.328 e. The summed E-state index contributed by atoms with van der Waals surface area (Å²) in [6.07, 6.45) is 1.11. The van der Waals surface area contributed by atoms with Crippen molar-refractivity contribution in [2.24, 2.45) is 34.8 Å². The predicted molar refractivity (Wildman–Crippen MR) is 214 cm³/mol. The van der Waals surface area contributed by atoms with Crippen LogP contribution in [0.25, 0.3) is 11.1 Å². The summed E-state index contributed by atoms with van der Waals surface area (Å²) < 4.78 is 5.05. The van der Waals surface area contributed by atoms with Gasteiger partial charge in [-0.15, -0.1) is 0 Å². The lowest BCUT2D eigenvalue weighted by Gasteiger charge is -2.62. The van der Waals surface area contributed by atoms with Crippen LogP contribution in [-0.2, 0) is 32.1 Å². The molecule has 0 unspecified atom stereocenters. The smallest absolute Gasteiger partial charge is 0.328 e. The summed E-state index contributed by atoms with van der Waals surface area (Å²) in [5.74, 6) is -0.0485. The Labute approximate surface area is 325 Å². The lowest BCUT2D eigenvalue weighted by Crippen LogP contribution is -2.62. The molecule has 4 aliphatic rings. The number of carbonyl (C=O) groups is 3. The van der Waals surface area contributed by atoms with Crippen molar-refractivity contribution in [3.05, 3.63) is 89.0 Å². The van der Waals surface area contributed by atoms with E-state index in [1.165, 1.54) is 13.5 Å². The molecule has 3 aliphatic carbocycles. The molecule has 1 aliphatic heterocycles. The maximum absolute atomic E-state index is 14.3. The molecule has 3 aromatic carbocycles. The molecule has 1 heterocycles. The molecule has 1 saturated heterocycles. The van der Waals surface area contributed by atoms with Crippen LogP contribution in [0.1, 0.15) is 67.6 Å². The summed E-state index contributed by atoms with van der Waals surface area (Å²) in [7, 11) is 5.14. The average molecular weight is 754 g/mol. The third kappa shape index (κ3) is 8.17. The molecule has 0 radical (unpaired) electrons. The molecule has 3 aromatic rings. The van der Waals surface area contributed by atoms with Gasteiger partial charge in [-0.1, -0.05) is 69.3 Å². The van der Waals surface area contributed by atoms with Crippen LogP contribution in [0.4, 0.5) is 5.69 Å². The van der Waals surface area contributed by atoms with Crippen LogP contribution in [0.2, 0.25) is 0 Å². The quantitative estimate of drug-likeness (QED) is 0.180. The summed E-state index contributed by atoms with van der Waals surface area (Å²) in [5, 5.41) is 19.0.